The Morgan fingerprint density at radius 1 is 1.18 bits per heavy atom. The minimum absolute atomic E-state index is 0.102. The molecule has 0 saturated carbocycles. The Labute approximate surface area is 234 Å². The molecular formula is C28H29ClN4O5S. The summed E-state index contributed by atoms with van der Waals surface area (Å²) in [5.41, 5.74) is 8.04. The Balaban J connectivity index is 1.40. The number of amides is 2. The first kappa shape index (κ1) is 26.8. The lowest BCUT2D eigenvalue weighted by atomic mass is 9.93. The highest BCUT2D eigenvalue weighted by molar-refractivity contribution is 7.16. The number of imidazole rings is 1. The fraction of sp³-hybridized carbons (Fsp3) is 0.321. The molecule has 2 aromatic heterocycles. The second kappa shape index (κ2) is 11.2. The Kier molecular flexibility index (Phi) is 7.67. The number of piperidine rings is 1. The third-order valence-electron chi connectivity index (χ3n) is 7.03. The summed E-state index contributed by atoms with van der Waals surface area (Å²) < 4.78 is 14.3. The van der Waals surface area contributed by atoms with E-state index < -0.39 is 18.1 Å². The maximum Gasteiger partial charge on any atom is 0.407 e. The molecule has 0 spiro atoms. The van der Waals surface area contributed by atoms with Gasteiger partial charge in [-0.25, -0.2) is 9.78 Å². The maximum absolute atomic E-state index is 12.3. The molecule has 4 aromatic rings. The minimum atomic E-state index is -0.895. The summed E-state index contributed by atoms with van der Waals surface area (Å²) in [5.74, 6) is 0.543. The van der Waals surface area contributed by atoms with E-state index in [4.69, 9.17) is 26.8 Å². The molecule has 1 fully saturated rings. The van der Waals surface area contributed by atoms with Gasteiger partial charge < -0.3 is 25.2 Å². The second-order valence-corrected chi connectivity index (χ2v) is 11.1. The van der Waals surface area contributed by atoms with Crippen LogP contribution in [0, 0.1) is 5.92 Å². The Morgan fingerprint density at radius 3 is 2.72 bits per heavy atom. The third-order valence-corrected chi connectivity index (χ3v) is 8.50. The molecule has 0 bridgehead atoms. The number of nitrogens with two attached hydrogens (primary N) is 1. The van der Waals surface area contributed by atoms with Crippen LogP contribution in [0.1, 0.15) is 48.0 Å². The number of likely N-dealkylation sites (tertiary alicyclic amines) is 1. The zero-order chi connectivity index (χ0) is 27.7. The van der Waals surface area contributed by atoms with Crippen molar-refractivity contribution in [2.45, 2.75) is 38.9 Å². The van der Waals surface area contributed by atoms with E-state index in [-0.39, 0.29) is 12.0 Å². The van der Waals surface area contributed by atoms with E-state index in [1.54, 1.807) is 18.5 Å². The second-order valence-electron chi connectivity index (χ2n) is 9.64. The molecule has 0 aliphatic carbocycles. The van der Waals surface area contributed by atoms with Crippen LogP contribution in [-0.2, 0) is 0 Å². The molecular weight excluding hydrogens is 540 g/mol. The molecule has 1 aliphatic heterocycles. The molecule has 9 nitrogen and oxygen atoms in total. The van der Waals surface area contributed by atoms with Crippen LogP contribution in [0.3, 0.4) is 0 Å². The predicted octanol–water partition coefficient (Wildman–Crippen LogP) is 6.14. The van der Waals surface area contributed by atoms with Crippen LogP contribution >= 0.6 is 22.9 Å². The van der Waals surface area contributed by atoms with Gasteiger partial charge in [-0.2, -0.15) is 0 Å². The third kappa shape index (κ3) is 5.67. The molecule has 3 heterocycles. The normalized spacial score (nSPS) is 17.1. The first-order valence-electron chi connectivity index (χ1n) is 12.7. The van der Waals surface area contributed by atoms with Crippen LogP contribution in [0.4, 0.5) is 4.79 Å². The first-order valence-corrected chi connectivity index (χ1v) is 13.9. The number of carboxylic acid groups (broad SMARTS) is 1. The molecule has 11 heteroatoms. The average molecular weight is 569 g/mol. The lowest BCUT2D eigenvalue weighted by Gasteiger charge is -2.34. The standard InChI is InChI=1S/C28H29ClN4O5S/c1-16(18-6-5-11-32(14-18)28(35)36)37-19-9-10-22-23(12-19)33(15-31-22)25-13-24(26(39-25)27(30)34)38-17(2)20-7-3-4-8-21(20)29/h3-4,7-10,12-13,15-18H,5-6,11,14H2,1-2H3,(H2,30,34)(H,35,36)/t16-,17-,18-/m1/s1. The lowest BCUT2D eigenvalue weighted by molar-refractivity contribution is 0.0733. The van der Waals surface area contributed by atoms with Gasteiger partial charge in [-0.3, -0.25) is 9.36 Å². The molecule has 5 rings (SSSR count). The van der Waals surface area contributed by atoms with Gasteiger partial charge in [-0.15, -0.1) is 11.3 Å². The highest BCUT2D eigenvalue weighted by atomic mass is 35.5. The summed E-state index contributed by atoms with van der Waals surface area (Å²) in [6, 6.07) is 14.8. The van der Waals surface area contributed by atoms with Crippen LogP contribution in [-0.4, -0.2) is 50.8 Å². The topological polar surface area (TPSA) is 120 Å². The number of fused-ring (bicyclic) bond motifs is 1. The molecule has 1 saturated heterocycles. The summed E-state index contributed by atoms with van der Waals surface area (Å²) in [5, 5.41) is 10.7. The number of aromatic nitrogens is 2. The zero-order valence-corrected chi connectivity index (χ0v) is 23.1. The number of benzene rings is 2. The smallest absolute Gasteiger partial charge is 0.407 e. The average Bonchev–Trinajstić information content (AvgIpc) is 3.53. The van der Waals surface area contributed by atoms with Gasteiger partial charge >= 0.3 is 6.09 Å². The van der Waals surface area contributed by atoms with Gasteiger partial charge in [0.05, 0.1) is 11.0 Å². The van der Waals surface area contributed by atoms with E-state index in [1.165, 1.54) is 16.2 Å². The fourth-order valence-corrected chi connectivity index (χ4v) is 6.13. The first-order chi connectivity index (χ1) is 18.7. The number of rotatable bonds is 8. The Bertz CT molecular complexity index is 1520. The highest BCUT2D eigenvalue weighted by Crippen LogP contribution is 2.37. The zero-order valence-electron chi connectivity index (χ0n) is 21.5. The number of hydrogen-bond acceptors (Lipinski definition) is 6. The quantitative estimate of drug-likeness (QED) is 0.263. The van der Waals surface area contributed by atoms with Gasteiger partial charge in [0.25, 0.3) is 5.91 Å². The summed E-state index contributed by atoms with van der Waals surface area (Å²) in [4.78, 5) is 30.0. The molecule has 3 atom stereocenters. The van der Waals surface area contributed by atoms with Crippen molar-refractivity contribution in [3.8, 4) is 16.5 Å². The monoisotopic (exact) mass is 568 g/mol. The van der Waals surface area contributed by atoms with Crippen LogP contribution in [0.25, 0.3) is 16.0 Å². The Hall–Kier alpha value is -3.76. The van der Waals surface area contributed by atoms with Crippen LogP contribution in [0.2, 0.25) is 5.02 Å². The van der Waals surface area contributed by atoms with Gasteiger partial charge in [0.15, 0.2) is 0 Å². The summed E-state index contributed by atoms with van der Waals surface area (Å²) in [6.07, 6.45) is 1.93. The molecule has 3 N–H and O–H groups in total. The summed E-state index contributed by atoms with van der Waals surface area (Å²) in [6.45, 7) is 4.85. The van der Waals surface area contributed by atoms with E-state index in [2.05, 4.69) is 4.98 Å². The molecule has 2 aromatic carbocycles. The number of nitrogens with zero attached hydrogens (tertiary/aromatic N) is 3. The van der Waals surface area contributed by atoms with Crippen molar-refractivity contribution in [1.29, 1.82) is 0 Å². The summed E-state index contributed by atoms with van der Waals surface area (Å²) in [7, 11) is 0. The van der Waals surface area contributed by atoms with Crippen molar-refractivity contribution in [3.05, 3.63) is 70.3 Å². The van der Waals surface area contributed by atoms with E-state index in [0.717, 1.165) is 29.4 Å². The van der Waals surface area contributed by atoms with Gasteiger partial charge in [0.2, 0.25) is 0 Å². The number of thiophene rings is 1. The number of primary amides is 1. The molecule has 204 valence electrons. The fourth-order valence-electron chi connectivity index (χ4n) is 4.91. The van der Waals surface area contributed by atoms with E-state index in [1.807, 2.05) is 54.8 Å². The minimum Gasteiger partial charge on any atom is -0.490 e. The Morgan fingerprint density at radius 2 is 1.97 bits per heavy atom. The van der Waals surface area contributed by atoms with Gasteiger partial charge in [0, 0.05) is 41.7 Å². The van der Waals surface area contributed by atoms with E-state index in [9.17, 15) is 14.7 Å². The lowest BCUT2D eigenvalue weighted by Crippen LogP contribution is -2.43. The summed E-state index contributed by atoms with van der Waals surface area (Å²) >= 11 is 7.55. The van der Waals surface area contributed by atoms with Gasteiger partial charge in [-0.05, 0) is 44.9 Å². The molecule has 2 amide bonds. The molecule has 39 heavy (non-hydrogen) atoms. The number of ether oxygens (including phenoxy) is 2. The van der Waals surface area contributed by atoms with Crippen molar-refractivity contribution in [3.63, 3.8) is 0 Å². The van der Waals surface area contributed by atoms with Crippen molar-refractivity contribution in [1.82, 2.24) is 14.5 Å². The van der Waals surface area contributed by atoms with Crippen molar-refractivity contribution >= 4 is 46.0 Å². The van der Waals surface area contributed by atoms with E-state index in [0.29, 0.717) is 39.5 Å². The van der Waals surface area contributed by atoms with Crippen LogP contribution in [0.5, 0.6) is 11.5 Å². The number of halogens is 1. The highest BCUT2D eigenvalue weighted by Gasteiger charge is 2.28. The number of carbonyl (C=O) groups excluding carboxylic acids is 1. The van der Waals surface area contributed by atoms with Crippen molar-refractivity contribution in [2.75, 3.05) is 13.1 Å². The largest absolute Gasteiger partial charge is 0.490 e. The maximum atomic E-state index is 12.3. The van der Waals surface area contributed by atoms with Crippen molar-refractivity contribution < 1.29 is 24.2 Å². The van der Waals surface area contributed by atoms with Crippen LogP contribution < -0.4 is 15.2 Å². The molecule has 0 unspecified atom stereocenters. The van der Waals surface area contributed by atoms with Gasteiger partial charge in [0.1, 0.15) is 39.9 Å². The number of hydrogen-bond donors (Lipinski definition) is 2. The van der Waals surface area contributed by atoms with Crippen LogP contribution in [0.15, 0.2) is 54.9 Å². The van der Waals surface area contributed by atoms with Crippen molar-refractivity contribution in [2.24, 2.45) is 11.7 Å². The van der Waals surface area contributed by atoms with Gasteiger partial charge in [-0.1, -0.05) is 29.8 Å². The predicted molar refractivity (Wildman–Crippen MR) is 150 cm³/mol. The SMILES string of the molecule is C[C@@H](Oc1cc(-n2cnc3ccc(O[C@H](C)[C@@H]4CCCN(C(=O)O)C4)cc32)sc1C(N)=O)c1ccccc1Cl. The molecule has 1 aliphatic rings. The molecule has 0 radical (unpaired) electrons. The number of carbonyl (C=O) groups is 2. The van der Waals surface area contributed by atoms with E-state index >= 15 is 0 Å².